The maximum atomic E-state index is 11.7. The summed E-state index contributed by atoms with van der Waals surface area (Å²) in [7, 11) is 0. The van der Waals surface area contributed by atoms with E-state index in [9.17, 15) is 9.59 Å². The minimum atomic E-state index is -0.399. The monoisotopic (exact) mass is 266 g/mol. The lowest BCUT2D eigenvalue weighted by molar-refractivity contribution is -0.128. The average molecular weight is 267 g/mol. The van der Waals surface area contributed by atoms with Gasteiger partial charge in [-0.05, 0) is 18.1 Å². The molecule has 2 N–H and O–H groups in total. The van der Waals surface area contributed by atoms with E-state index in [0.29, 0.717) is 24.5 Å². The fourth-order valence-electron chi connectivity index (χ4n) is 2.14. The fraction of sp³-hybridized carbons (Fsp3) is 0.385. The van der Waals surface area contributed by atoms with Crippen LogP contribution in [0.25, 0.3) is 0 Å². The highest BCUT2D eigenvalue weighted by Gasteiger charge is 2.32. The van der Waals surface area contributed by atoms with Crippen molar-refractivity contribution in [3.63, 3.8) is 0 Å². The van der Waals surface area contributed by atoms with Gasteiger partial charge in [0.1, 0.15) is 0 Å². The van der Waals surface area contributed by atoms with Crippen LogP contribution in [0.2, 0.25) is 5.02 Å². The van der Waals surface area contributed by atoms with Gasteiger partial charge >= 0.3 is 0 Å². The first-order chi connectivity index (χ1) is 8.58. The molecule has 1 heterocycles. The van der Waals surface area contributed by atoms with Crippen molar-refractivity contribution in [1.82, 2.24) is 4.90 Å². The summed E-state index contributed by atoms with van der Waals surface area (Å²) >= 11 is 6.05. The topological polar surface area (TPSA) is 63.4 Å². The van der Waals surface area contributed by atoms with Gasteiger partial charge in [-0.15, -0.1) is 0 Å². The van der Waals surface area contributed by atoms with E-state index in [1.807, 2.05) is 24.3 Å². The molecular weight excluding hydrogens is 252 g/mol. The number of amides is 2. The van der Waals surface area contributed by atoms with E-state index in [0.717, 1.165) is 5.56 Å². The van der Waals surface area contributed by atoms with Crippen LogP contribution in [0.4, 0.5) is 0 Å². The number of carbonyl (C=O) groups excluding carboxylic acids is 2. The predicted octanol–water partition coefficient (Wildman–Crippen LogP) is 1.22. The van der Waals surface area contributed by atoms with Gasteiger partial charge in [-0.3, -0.25) is 9.59 Å². The second kappa shape index (κ2) is 5.40. The molecule has 1 aliphatic heterocycles. The van der Waals surface area contributed by atoms with E-state index >= 15 is 0 Å². The van der Waals surface area contributed by atoms with Crippen molar-refractivity contribution >= 4 is 23.4 Å². The van der Waals surface area contributed by atoms with E-state index in [1.165, 1.54) is 0 Å². The smallest absolute Gasteiger partial charge is 0.223 e. The zero-order valence-electron chi connectivity index (χ0n) is 9.93. The Kier molecular flexibility index (Phi) is 3.87. The molecule has 0 aliphatic carbocycles. The van der Waals surface area contributed by atoms with Crippen LogP contribution in [0.5, 0.6) is 0 Å². The number of hydrogen-bond donors (Lipinski definition) is 1. The van der Waals surface area contributed by atoms with E-state index in [1.54, 1.807) is 4.90 Å². The van der Waals surface area contributed by atoms with Gasteiger partial charge in [0, 0.05) is 24.5 Å². The third kappa shape index (κ3) is 2.82. The lowest BCUT2D eigenvalue weighted by Crippen LogP contribution is -2.30. The van der Waals surface area contributed by atoms with Crippen LogP contribution in [0.3, 0.4) is 0 Å². The van der Waals surface area contributed by atoms with Crippen molar-refractivity contribution in [2.75, 3.05) is 13.1 Å². The summed E-state index contributed by atoms with van der Waals surface area (Å²) in [4.78, 5) is 24.4. The molecule has 1 aromatic carbocycles. The van der Waals surface area contributed by atoms with Gasteiger partial charge in [-0.1, -0.05) is 29.8 Å². The molecule has 4 nitrogen and oxygen atoms in total. The van der Waals surface area contributed by atoms with Crippen LogP contribution in [-0.4, -0.2) is 29.8 Å². The summed E-state index contributed by atoms with van der Waals surface area (Å²) in [5.41, 5.74) is 6.22. The highest BCUT2D eigenvalue weighted by molar-refractivity contribution is 6.31. The number of rotatable bonds is 4. The molecule has 0 bridgehead atoms. The molecule has 1 fully saturated rings. The van der Waals surface area contributed by atoms with E-state index in [2.05, 4.69) is 0 Å². The zero-order valence-corrected chi connectivity index (χ0v) is 10.7. The summed E-state index contributed by atoms with van der Waals surface area (Å²) < 4.78 is 0. The summed E-state index contributed by atoms with van der Waals surface area (Å²) in [6.45, 7) is 1.00. The van der Waals surface area contributed by atoms with Crippen molar-refractivity contribution < 1.29 is 9.59 Å². The van der Waals surface area contributed by atoms with Crippen LogP contribution >= 0.6 is 11.6 Å². The molecule has 1 aliphatic rings. The SMILES string of the molecule is NC(=O)C1CC(=O)N(CCc2ccccc2Cl)C1. The van der Waals surface area contributed by atoms with Crippen LogP contribution < -0.4 is 5.73 Å². The highest BCUT2D eigenvalue weighted by Crippen LogP contribution is 2.20. The van der Waals surface area contributed by atoms with E-state index in [4.69, 9.17) is 17.3 Å². The number of halogens is 1. The third-order valence-electron chi connectivity index (χ3n) is 3.23. The molecule has 0 saturated carbocycles. The van der Waals surface area contributed by atoms with Crippen LogP contribution in [-0.2, 0) is 16.0 Å². The number of carbonyl (C=O) groups is 2. The molecule has 2 amide bonds. The van der Waals surface area contributed by atoms with Gasteiger partial charge in [0.05, 0.1) is 5.92 Å². The minimum Gasteiger partial charge on any atom is -0.369 e. The van der Waals surface area contributed by atoms with E-state index in [-0.39, 0.29) is 18.2 Å². The summed E-state index contributed by atoms with van der Waals surface area (Å²) in [6, 6.07) is 7.55. The van der Waals surface area contributed by atoms with Crippen LogP contribution in [0.15, 0.2) is 24.3 Å². The van der Waals surface area contributed by atoms with Crippen molar-refractivity contribution in [1.29, 1.82) is 0 Å². The molecule has 18 heavy (non-hydrogen) atoms. The van der Waals surface area contributed by atoms with Gasteiger partial charge in [-0.2, -0.15) is 0 Å². The summed E-state index contributed by atoms with van der Waals surface area (Å²) in [5, 5.41) is 0.704. The average Bonchev–Trinajstić information content (AvgIpc) is 2.70. The molecule has 1 atom stereocenters. The first-order valence-electron chi connectivity index (χ1n) is 5.88. The van der Waals surface area contributed by atoms with Crippen molar-refractivity contribution in [3.8, 4) is 0 Å². The van der Waals surface area contributed by atoms with Gasteiger partial charge in [-0.25, -0.2) is 0 Å². The maximum Gasteiger partial charge on any atom is 0.223 e. The van der Waals surface area contributed by atoms with Crippen LogP contribution in [0.1, 0.15) is 12.0 Å². The summed E-state index contributed by atoms with van der Waals surface area (Å²) in [6.07, 6.45) is 0.925. The molecule has 96 valence electrons. The second-order valence-electron chi connectivity index (χ2n) is 4.48. The molecule has 1 aromatic rings. The first-order valence-corrected chi connectivity index (χ1v) is 6.26. The van der Waals surface area contributed by atoms with Crippen molar-refractivity contribution in [2.45, 2.75) is 12.8 Å². The molecule has 0 aromatic heterocycles. The summed E-state index contributed by atoms with van der Waals surface area (Å²) in [5.74, 6) is -0.752. The lowest BCUT2D eigenvalue weighted by atomic mass is 10.1. The molecule has 0 radical (unpaired) electrons. The fourth-order valence-corrected chi connectivity index (χ4v) is 2.37. The third-order valence-corrected chi connectivity index (χ3v) is 3.59. The number of primary amides is 1. The Morgan fingerprint density at radius 3 is 2.78 bits per heavy atom. The Labute approximate surface area is 111 Å². The lowest BCUT2D eigenvalue weighted by Gasteiger charge is -2.16. The Bertz CT molecular complexity index is 476. The van der Waals surface area contributed by atoms with Crippen molar-refractivity contribution in [3.05, 3.63) is 34.9 Å². The quantitative estimate of drug-likeness (QED) is 0.891. The Morgan fingerprint density at radius 1 is 1.44 bits per heavy atom. The van der Waals surface area contributed by atoms with Gasteiger partial charge in [0.15, 0.2) is 0 Å². The van der Waals surface area contributed by atoms with Gasteiger partial charge < -0.3 is 10.6 Å². The van der Waals surface area contributed by atoms with Crippen LogP contribution in [0, 0.1) is 5.92 Å². The van der Waals surface area contributed by atoms with Crippen molar-refractivity contribution in [2.24, 2.45) is 11.7 Å². The number of hydrogen-bond acceptors (Lipinski definition) is 2. The number of nitrogens with two attached hydrogens (primary N) is 1. The molecule has 5 heteroatoms. The Morgan fingerprint density at radius 2 is 2.17 bits per heavy atom. The van der Waals surface area contributed by atoms with E-state index < -0.39 is 5.91 Å². The molecule has 1 saturated heterocycles. The second-order valence-corrected chi connectivity index (χ2v) is 4.89. The number of nitrogens with zero attached hydrogens (tertiary/aromatic N) is 1. The standard InChI is InChI=1S/C13H15ClN2O2/c14-11-4-2-1-3-9(11)5-6-16-8-10(13(15)18)7-12(16)17/h1-4,10H,5-8H2,(H2,15,18). The number of likely N-dealkylation sites (tertiary alicyclic amines) is 1. The Balaban J connectivity index is 1.93. The maximum absolute atomic E-state index is 11.7. The predicted molar refractivity (Wildman–Crippen MR) is 69.0 cm³/mol. The first kappa shape index (κ1) is 12.9. The molecule has 2 rings (SSSR count). The van der Waals surface area contributed by atoms with Gasteiger partial charge in [0.2, 0.25) is 11.8 Å². The normalized spacial score (nSPS) is 19.3. The zero-order chi connectivity index (χ0) is 13.1. The minimum absolute atomic E-state index is 0.00847. The Hall–Kier alpha value is -1.55. The largest absolute Gasteiger partial charge is 0.369 e. The molecule has 0 spiro atoms. The molecule has 1 unspecified atom stereocenters. The van der Waals surface area contributed by atoms with Gasteiger partial charge in [0.25, 0.3) is 0 Å². The number of benzene rings is 1. The molecular formula is C13H15ClN2O2. The highest BCUT2D eigenvalue weighted by atomic mass is 35.5.